The minimum atomic E-state index is -0.406. The lowest BCUT2D eigenvalue weighted by molar-refractivity contribution is 0.996. The lowest BCUT2D eigenvalue weighted by Crippen LogP contribution is -2.08. The Morgan fingerprint density at radius 1 is 1.21 bits per heavy atom. The molecule has 0 radical (unpaired) electrons. The van der Waals surface area contributed by atoms with E-state index < -0.39 is 6.04 Å². The van der Waals surface area contributed by atoms with Gasteiger partial charge in [0.25, 0.3) is 0 Å². The van der Waals surface area contributed by atoms with Crippen LogP contribution in [0.25, 0.3) is 0 Å². The maximum Gasteiger partial charge on any atom is 0.140 e. The third-order valence-electron chi connectivity index (χ3n) is 2.77. The largest absolute Gasteiger partial charge is 0.366 e. The fraction of sp³-hybridized carbons (Fsp3) is 0.133. The summed E-state index contributed by atoms with van der Waals surface area (Å²) in [6.07, 6.45) is 0. The zero-order valence-corrected chi connectivity index (χ0v) is 12.7. The van der Waals surface area contributed by atoms with Crippen LogP contribution >= 0.6 is 27.5 Å². The van der Waals surface area contributed by atoms with Gasteiger partial charge in [0.05, 0.1) is 11.1 Å². The number of rotatable bonds is 3. The number of hydrogen-bond acceptors (Lipinski definition) is 2. The molecule has 19 heavy (non-hydrogen) atoms. The number of hydrogen-bond donors (Lipinski definition) is 1. The molecule has 0 fully saturated rings. The van der Waals surface area contributed by atoms with E-state index in [9.17, 15) is 5.26 Å². The summed E-state index contributed by atoms with van der Waals surface area (Å²) in [4.78, 5) is 0. The van der Waals surface area contributed by atoms with Gasteiger partial charge >= 0.3 is 0 Å². The molecule has 0 amide bonds. The Morgan fingerprint density at radius 2 is 1.89 bits per heavy atom. The lowest BCUT2D eigenvalue weighted by atomic mass is 10.1. The van der Waals surface area contributed by atoms with Crippen molar-refractivity contribution in [2.24, 2.45) is 0 Å². The van der Waals surface area contributed by atoms with Gasteiger partial charge in [-0.1, -0.05) is 35.4 Å². The number of nitrogens with one attached hydrogen (secondary N) is 1. The second kappa shape index (κ2) is 6.10. The third-order valence-corrected chi connectivity index (χ3v) is 3.98. The Balaban J connectivity index is 2.23. The maximum atomic E-state index is 9.29. The highest BCUT2D eigenvalue weighted by atomic mass is 79.9. The van der Waals surface area contributed by atoms with Gasteiger partial charge in [-0.05, 0) is 52.7 Å². The molecule has 0 spiro atoms. The second-order valence-electron chi connectivity index (χ2n) is 4.25. The van der Waals surface area contributed by atoms with Crippen molar-refractivity contribution in [1.82, 2.24) is 0 Å². The van der Waals surface area contributed by atoms with Crippen molar-refractivity contribution in [1.29, 1.82) is 5.26 Å². The SMILES string of the molecule is Cc1ccc(NC(C#N)c2ccc(Cl)c(Br)c2)cc1. The third kappa shape index (κ3) is 3.50. The molecule has 2 nitrogen and oxygen atoms in total. The van der Waals surface area contributed by atoms with E-state index in [-0.39, 0.29) is 0 Å². The van der Waals surface area contributed by atoms with Crippen molar-refractivity contribution in [2.75, 3.05) is 5.32 Å². The van der Waals surface area contributed by atoms with E-state index in [1.807, 2.05) is 43.3 Å². The molecule has 2 aromatic carbocycles. The van der Waals surface area contributed by atoms with Gasteiger partial charge in [0, 0.05) is 10.2 Å². The molecule has 96 valence electrons. The van der Waals surface area contributed by atoms with E-state index in [2.05, 4.69) is 27.3 Å². The standard InChI is InChI=1S/C15H12BrClN2/c1-10-2-5-12(6-3-10)19-15(9-18)11-4-7-14(17)13(16)8-11/h2-8,15,19H,1H3. The van der Waals surface area contributed by atoms with E-state index in [0.717, 1.165) is 15.7 Å². The summed E-state index contributed by atoms with van der Waals surface area (Å²) in [5.41, 5.74) is 2.98. The minimum absolute atomic E-state index is 0.406. The van der Waals surface area contributed by atoms with Crippen molar-refractivity contribution >= 4 is 33.2 Å². The fourth-order valence-corrected chi connectivity index (χ4v) is 2.21. The highest BCUT2D eigenvalue weighted by Crippen LogP contribution is 2.27. The molecular weight excluding hydrogens is 324 g/mol. The Hall–Kier alpha value is -1.50. The van der Waals surface area contributed by atoms with Crippen LogP contribution < -0.4 is 5.32 Å². The van der Waals surface area contributed by atoms with Crippen LogP contribution in [0.4, 0.5) is 5.69 Å². The Labute approximate surface area is 126 Å². The highest BCUT2D eigenvalue weighted by molar-refractivity contribution is 9.10. The predicted molar refractivity (Wildman–Crippen MR) is 82.3 cm³/mol. The molecule has 0 aliphatic heterocycles. The monoisotopic (exact) mass is 334 g/mol. The normalized spacial score (nSPS) is 11.7. The Kier molecular flexibility index (Phi) is 4.47. The van der Waals surface area contributed by atoms with Crippen molar-refractivity contribution in [2.45, 2.75) is 13.0 Å². The first kappa shape index (κ1) is 13.9. The van der Waals surface area contributed by atoms with Crippen LogP contribution in [0, 0.1) is 18.3 Å². The van der Waals surface area contributed by atoms with Gasteiger partial charge in [-0.3, -0.25) is 0 Å². The van der Waals surface area contributed by atoms with Crippen LogP contribution in [0.1, 0.15) is 17.2 Å². The van der Waals surface area contributed by atoms with E-state index in [4.69, 9.17) is 11.6 Å². The first-order valence-electron chi connectivity index (χ1n) is 5.78. The van der Waals surface area contributed by atoms with Crippen LogP contribution in [0.5, 0.6) is 0 Å². The summed E-state index contributed by atoms with van der Waals surface area (Å²) in [5.74, 6) is 0. The molecule has 1 unspecified atom stereocenters. The van der Waals surface area contributed by atoms with E-state index in [1.54, 1.807) is 6.07 Å². The topological polar surface area (TPSA) is 35.8 Å². The van der Waals surface area contributed by atoms with Gasteiger partial charge in [0.15, 0.2) is 0 Å². The molecule has 4 heteroatoms. The van der Waals surface area contributed by atoms with Crippen LogP contribution in [0.3, 0.4) is 0 Å². The van der Waals surface area contributed by atoms with Crippen LogP contribution in [0.15, 0.2) is 46.9 Å². The molecule has 2 rings (SSSR count). The zero-order chi connectivity index (χ0) is 13.8. The quantitative estimate of drug-likeness (QED) is 0.848. The molecule has 0 aliphatic rings. The number of anilines is 1. The molecule has 2 aromatic rings. The van der Waals surface area contributed by atoms with Gasteiger partial charge in [-0.15, -0.1) is 0 Å². The first-order valence-corrected chi connectivity index (χ1v) is 6.95. The second-order valence-corrected chi connectivity index (χ2v) is 5.51. The molecule has 0 saturated heterocycles. The van der Waals surface area contributed by atoms with Crippen molar-refractivity contribution < 1.29 is 0 Å². The molecule has 0 aliphatic carbocycles. The van der Waals surface area contributed by atoms with Crippen molar-refractivity contribution in [3.05, 3.63) is 63.1 Å². The summed E-state index contributed by atoms with van der Waals surface area (Å²) in [6.45, 7) is 2.03. The van der Waals surface area contributed by atoms with E-state index in [1.165, 1.54) is 5.56 Å². The van der Waals surface area contributed by atoms with Crippen LogP contribution in [-0.2, 0) is 0 Å². The summed E-state index contributed by atoms with van der Waals surface area (Å²) >= 11 is 9.33. The Bertz CT molecular complexity index is 617. The predicted octanol–water partition coefficient (Wildman–Crippen LogP) is 5.09. The number of halogens is 2. The molecule has 1 N–H and O–H groups in total. The summed E-state index contributed by atoms with van der Waals surface area (Å²) < 4.78 is 0.789. The first-order chi connectivity index (χ1) is 9.10. The molecule has 0 heterocycles. The Morgan fingerprint density at radius 3 is 2.47 bits per heavy atom. The smallest absolute Gasteiger partial charge is 0.140 e. The summed E-state index contributed by atoms with van der Waals surface area (Å²) in [6, 6.07) is 15.3. The summed E-state index contributed by atoms with van der Waals surface area (Å²) in [7, 11) is 0. The van der Waals surface area contributed by atoms with Gasteiger partial charge < -0.3 is 5.32 Å². The number of nitriles is 1. The van der Waals surface area contributed by atoms with Crippen LogP contribution in [-0.4, -0.2) is 0 Å². The van der Waals surface area contributed by atoms with Gasteiger partial charge in [0.1, 0.15) is 6.04 Å². The molecule has 0 aromatic heterocycles. The zero-order valence-electron chi connectivity index (χ0n) is 10.3. The molecular formula is C15H12BrClN2. The van der Waals surface area contributed by atoms with E-state index >= 15 is 0 Å². The minimum Gasteiger partial charge on any atom is -0.366 e. The van der Waals surface area contributed by atoms with Gasteiger partial charge in [-0.25, -0.2) is 0 Å². The lowest BCUT2D eigenvalue weighted by Gasteiger charge is -2.14. The van der Waals surface area contributed by atoms with Gasteiger partial charge in [0.2, 0.25) is 0 Å². The molecule has 1 atom stereocenters. The number of nitrogens with zero attached hydrogens (tertiary/aromatic N) is 1. The average molecular weight is 336 g/mol. The van der Waals surface area contributed by atoms with Crippen molar-refractivity contribution in [3.8, 4) is 6.07 Å². The summed E-state index contributed by atoms with van der Waals surface area (Å²) in [5, 5.41) is 13.1. The van der Waals surface area contributed by atoms with Crippen LogP contribution in [0.2, 0.25) is 5.02 Å². The molecule has 0 bridgehead atoms. The maximum absolute atomic E-state index is 9.29. The average Bonchev–Trinajstić information content (AvgIpc) is 2.41. The number of benzene rings is 2. The molecule has 0 saturated carbocycles. The van der Waals surface area contributed by atoms with Gasteiger partial charge in [-0.2, -0.15) is 5.26 Å². The van der Waals surface area contributed by atoms with E-state index in [0.29, 0.717) is 5.02 Å². The van der Waals surface area contributed by atoms with Crippen molar-refractivity contribution in [3.63, 3.8) is 0 Å². The fourth-order valence-electron chi connectivity index (χ4n) is 1.70. The highest BCUT2D eigenvalue weighted by Gasteiger charge is 2.11. The number of aryl methyl sites for hydroxylation is 1.